The average molecular weight is 269 g/mol. The van der Waals surface area contributed by atoms with E-state index in [1.54, 1.807) is 0 Å². The maximum atomic E-state index is 5.41. The van der Waals surface area contributed by atoms with Crippen LogP contribution >= 0.6 is 0 Å². The van der Waals surface area contributed by atoms with Crippen molar-refractivity contribution in [2.45, 2.75) is 32.2 Å². The average Bonchev–Trinajstić information content (AvgIpc) is 2.40. The van der Waals surface area contributed by atoms with E-state index in [1.165, 1.54) is 39.0 Å². The van der Waals surface area contributed by atoms with Crippen molar-refractivity contribution in [2.75, 3.05) is 59.5 Å². The van der Waals surface area contributed by atoms with Crippen molar-refractivity contribution in [1.29, 1.82) is 0 Å². The minimum absolute atomic E-state index is 0.270. The molecule has 0 spiro atoms. The molecule has 4 nitrogen and oxygen atoms in total. The molecule has 2 heterocycles. The van der Waals surface area contributed by atoms with Crippen LogP contribution in [0.25, 0.3) is 0 Å². The number of hydrogen-bond donors (Lipinski definition) is 1. The topological polar surface area (TPSA) is 27.7 Å². The van der Waals surface area contributed by atoms with E-state index < -0.39 is 0 Å². The van der Waals surface area contributed by atoms with Crippen molar-refractivity contribution in [3.05, 3.63) is 0 Å². The number of piperazine rings is 1. The number of nitrogens with zero attached hydrogens (tertiary/aromatic N) is 2. The summed E-state index contributed by atoms with van der Waals surface area (Å²) in [5.74, 6) is 0.817. The molecule has 2 saturated heterocycles. The lowest BCUT2D eigenvalue weighted by atomic mass is 9.98. The summed E-state index contributed by atoms with van der Waals surface area (Å²) in [6.45, 7) is 13.7. The largest absolute Gasteiger partial charge is 0.381 e. The summed E-state index contributed by atoms with van der Waals surface area (Å²) < 4.78 is 5.41. The fourth-order valence-corrected chi connectivity index (χ4v) is 3.06. The minimum Gasteiger partial charge on any atom is -0.381 e. The summed E-state index contributed by atoms with van der Waals surface area (Å²) in [6, 6.07) is 0. The highest BCUT2D eigenvalue weighted by Gasteiger charge is 2.28. The maximum absolute atomic E-state index is 5.41. The van der Waals surface area contributed by atoms with Gasteiger partial charge in [0.1, 0.15) is 0 Å². The van der Waals surface area contributed by atoms with Gasteiger partial charge in [-0.1, -0.05) is 0 Å². The highest BCUT2D eigenvalue weighted by molar-refractivity contribution is 4.87. The molecular weight excluding hydrogens is 238 g/mol. The summed E-state index contributed by atoms with van der Waals surface area (Å²) in [4.78, 5) is 5.05. The van der Waals surface area contributed by atoms with Crippen molar-refractivity contribution < 1.29 is 4.74 Å². The molecule has 0 aromatic rings. The van der Waals surface area contributed by atoms with E-state index in [2.05, 4.69) is 36.0 Å². The van der Waals surface area contributed by atoms with Gasteiger partial charge in [0, 0.05) is 51.5 Å². The monoisotopic (exact) mass is 269 g/mol. The lowest BCUT2D eigenvalue weighted by Crippen LogP contribution is -2.57. The molecule has 19 heavy (non-hydrogen) atoms. The quantitative estimate of drug-likeness (QED) is 0.807. The summed E-state index contributed by atoms with van der Waals surface area (Å²) >= 11 is 0. The third-order valence-corrected chi connectivity index (χ3v) is 4.69. The van der Waals surface area contributed by atoms with Crippen LogP contribution in [-0.2, 0) is 4.74 Å². The van der Waals surface area contributed by atoms with Crippen LogP contribution in [-0.4, -0.2) is 74.9 Å². The van der Waals surface area contributed by atoms with E-state index in [0.717, 1.165) is 32.2 Å². The molecule has 2 fully saturated rings. The predicted octanol–water partition coefficient (Wildman–Crippen LogP) is 1.03. The van der Waals surface area contributed by atoms with Crippen LogP contribution in [0.5, 0.6) is 0 Å². The van der Waals surface area contributed by atoms with Crippen molar-refractivity contribution in [3.63, 3.8) is 0 Å². The second-order valence-electron chi connectivity index (χ2n) is 6.79. The second kappa shape index (κ2) is 7.02. The Balaban J connectivity index is 1.68. The molecule has 0 bridgehead atoms. The van der Waals surface area contributed by atoms with Crippen LogP contribution in [0.2, 0.25) is 0 Å². The summed E-state index contributed by atoms with van der Waals surface area (Å²) in [5, 5.41) is 3.69. The Hall–Kier alpha value is -0.160. The van der Waals surface area contributed by atoms with Crippen LogP contribution in [0.3, 0.4) is 0 Å². The van der Waals surface area contributed by atoms with E-state index in [0.29, 0.717) is 0 Å². The first kappa shape index (κ1) is 15.2. The van der Waals surface area contributed by atoms with E-state index in [9.17, 15) is 0 Å². The van der Waals surface area contributed by atoms with Gasteiger partial charge in [0.2, 0.25) is 0 Å². The Morgan fingerprint density at radius 2 is 1.74 bits per heavy atom. The molecular formula is C15H31N3O. The first-order chi connectivity index (χ1) is 9.08. The van der Waals surface area contributed by atoms with E-state index in [1.807, 2.05) is 0 Å². The van der Waals surface area contributed by atoms with Gasteiger partial charge in [0.15, 0.2) is 0 Å². The Bertz CT molecular complexity index is 256. The fraction of sp³-hybridized carbons (Fsp3) is 1.00. The molecule has 4 heteroatoms. The molecule has 112 valence electrons. The van der Waals surface area contributed by atoms with Crippen LogP contribution in [0.1, 0.15) is 26.7 Å². The normalized spacial score (nSPS) is 24.8. The predicted molar refractivity (Wildman–Crippen MR) is 79.6 cm³/mol. The lowest BCUT2D eigenvalue weighted by Gasteiger charge is -2.43. The summed E-state index contributed by atoms with van der Waals surface area (Å²) in [7, 11) is 2.22. The fourth-order valence-electron chi connectivity index (χ4n) is 3.06. The van der Waals surface area contributed by atoms with Crippen molar-refractivity contribution in [3.8, 4) is 0 Å². The molecule has 0 aliphatic carbocycles. The Morgan fingerprint density at radius 1 is 1.11 bits per heavy atom. The molecule has 0 aromatic heterocycles. The number of likely N-dealkylation sites (N-methyl/N-ethyl adjacent to an activating group) is 1. The molecule has 0 radical (unpaired) electrons. The number of rotatable bonds is 5. The first-order valence-electron chi connectivity index (χ1n) is 7.80. The van der Waals surface area contributed by atoms with Gasteiger partial charge >= 0.3 is 0 Å². The molecule has 2 rings (SSSR count). The van der Waals surface area contributed by atoms with Gasteiger partial charge in [-0.2, -0.15) is 0 Å². The van der Waals surface area contributed by atoms with E-state index in [-0.39, 0.29) is 5.54 Å². The molecule has 0 atom stereocenters. The Morgan fingerprint density at radius 3 is 2.37 bits per heavy atom. The lowest BCUT2D eigenvalue weighted by molar-refractivity contribution is 0.0529. The van der Waals surface area contributed by atoms with Gasteiger partial charge in [0.25, 0.3) is 0 Å². The van der Waals surface area contributed by atoms with Crippen LogP contribution < -0.4 is 5.32 Å². The number of hydrogen-bond acceptors (Lipinski definition) is 4. The molecule has 0 amide bonds. The van der Waals surface area contributed by atoms with Gasteiger partial charge in [0.05, 0.1) is 0 Å². The Labute approximate surface area is 118 Å². The van der Waals surface area contributed by atoms with Gasteiger partial charge in [-0.05, 0) is 46.2 Å². The molecule has 0 aromatic carbocycles. The smallest absolute Gasteiger partial charge is 0.0469 e. The third kappa shape index (κ3) is 4.71. The third-order valence-electron chi connectivity index (χ3n) is 4.69. The van der Waals surface area contributed by atoms with Crippen LogP contribution in [0.4, 0.5) is 0 Å². The zero-order valence-electron chi connectivity index (χ0n) is 13.0. The van der Waals surface area contributed by atoms with Gasteiger partial charge < -0.3 is 15.0 Å². The zero-order valence-corrected chi connectivity index (χ0v) is 13.0. The molecule has 2 aliphatic rings. The Kier molecular flexibility index (Phi) is 5.63. The van der Waals surface area contributed by atoms with E-state index in [4.69, 9.17) is 4.74 Å². The highest BCUT2D eigenvalue weighted by atomic mass is 16.5. The van der Waals surface area contributed by atoms with Crippen molar-refractivity contribution >= 4 is 0 Å². The minimum atomic E-state index is 0.270. The molecule has 0 saturated carbocycles. The van der Waals surface area contributed by atoms with Gasteiger partial charge in [-0.25, -0.2) is 0 Å². The zero-order chi connectivity index (χ0) is 13.7. The first-order valence-corrected chi connectivity index (χ1v) is 7.80. The SMILES string of the molecule is CN1CCN(C(C)(C)CNCC2CCOCC2)CC1. The van der Waals surface area contributed by atoms with Gasteiger partial charge in [-0.15, -0.1) is 0 Å². The van der Waals surface area contributed by atoms with Crippen molar-refractivity contribution in [2.24, 2.45) is 5.92 Å². The summed E-state index contributed by atoms with van der Waals surface area (Å²) in [5.41, 5.74) is 0.270. The highest BCUT2D eigenvalue weighted by Crippen LogP contribution is 2.17. The molecule has 1 N–H and O–H groups in total. The second-order valence-corrected chi connectivity index (χ2v) is 6.79. The summed E-state index contributed by atoms with van der Waals surface area (Å²) in [6.07, 6.45) is 2.45. The number of ether oxygens (including phenoxy) is 1. The number of nitrogens with one attached hydrogen (secondary N) is 1. The standard InChI is InChI=1S/C15H31N3O/c1-15(2,18-8-6-17(3)7-9-18)13-16-12-14-4-10-19-11-5-14/h14,16H,4-13H2,1-3H3. The molecule has 0 unspecified atom stereocenters. The van der Waals surface area contributed by atoms with E-state index >= 15 is 0 Å². The maximum Gasteiger partial charge on any atom is 0.0469 e. The van der Waals surface area contributed by atoms with Crippen LogP contribution in [0, 0.1) is 5.92 Å². The van der Waals surface area contributed by atoms with Crippen LogP contribution in [0.15, 0.2) is 0 Å². The van der Waals surface area contributed by atoms with Gasteiger partial charge in [-0.3, -0.25) is 4.90 Å². The van der Waals surface area contributed by atoms with Crippen molar-refractivity contribution in [1.82, 2.24) is 15.1 Å². The molecule has 2 aliphatic heterocycles.